The van der Waals surface area contributed by atoms with Crippen LogP contribution >= 0.6 is 0 Å². The number of para-hydroxylation sites is 1. The van der Waals surface area contributed by atoms with Crippen LogP contribution in [0.25, 0.3) is 0 Å². The lowest BCUT2D eigenvalue weighted by atomic mass is 9.92. The van der Waals surface area contributed by atoms with E-state index in [1.165, 1.54) is 6.07 Å². The number of rotatable bonds is 5. The molecule has 0 saturated heterocycles. The van der Waals surface area contributed by atoms with Crippen molar-refractivity contribution in [3.05, 3.63) is 82.7 Å². The molecule has 0 spiro atoms. The van der Waals surface area contributed by atoms with Crippen LogP contribution in [0, 0.1) is 11.6 Å². The van der Waals surface area contributed by atoms with Crippen LogP contribution in [0.15, 0.2) is 48.7 Å². The molecule has 1 aliphatic rings. The van der Waals surface area contributed by atoms with Gasteiger partial charge in [-0.2, -0.15) is 5.10 Å². The van der Waals surface area contributed by atoms with Crippen molar-refractivity contribution in [3.8, 4) is 5.75 Å². The molecule has 7 heteroatoms. The number of methoxy groups -OCH3 is 1. The first-order valence-corrected chi connectivity index (χ1v) is 9.50. The first-order chi connectivity index (χ1) is 14.1. The number of amides is 1. The molecule has 1 heterocycles. The van der Waals surface area contributed by atoms with E-state index in [1.54, 1.807) is 13.3 Å². The van der Waals surface area contributed by atoms with Crippen molar-refractivity contribution in [1.29, 1.82) is 0 Å². The molecule has 1 aromatic heterocycles. The molecule has 0 radical (unpaired) electrons. The second kappa shape index (κ2) is 8.03. The molecule has 0 fully saturated rings. The predicted octanol–water partition coefficient (Wildman–Crippen LogP) is 4.03. The number of hydrogen-bond acceptors (Lipinski definition) is 3. The van der Waals surface area contributed by atoms with Crippen LogP contribution in [0.1, 0.15) is 46.1 Å². The number of halogens is 2. The molecule has 4 rings (SSSR count). The third-order valence-corrected chi connectivity index (χ3v) is 5.27. The van der Waals surface area contributed by atoms with E-state index < -0.39 is 23.1 Å². The van der Waals surface area contributed by atoms with E-state index in [9.17, 15) is 13.6 Å². The normalized spacial score (nSPS) is 15.6. The maximum Gasteiger partial charge on any atom is 0.257 e. The van der Waals surface area contributed by atoms with Gasteiger partial charge in [0.1, 0.15) is 22.9 Å². The number of nitrogens with zero attached hydrogens (tertiary/aromatic N) is 2. The van der Waals surface area contributed by atoms with Gasteiger partial charge in [-0.05, 0) is 37.5 Å². The van der Waals surface area contributed by atoms with Crippen LogP contribution in [0.2, 0.25) is 0 Å². The number of aromatic nitrogens is 2. The minimum absolute atomic E-state index is 0.336. The third kappa shape index (κ3) is 3.72. The van der Waals surface area contributed by atoms with Crippen molar-refractivity contribution in [2.24, 2.45) is 0 Å². The summed E-state index contributed by atoms with van der Waals surface area (Å²) in [5, 5.41) is 7.27. The topological polar surface area (TPSA) is 56.1 Å². The summed E-state index contributed by atoms with van der Waals surface area (Å²) >= 11 is 0. The summed E-state index contributed by atoms with van der Waals surface area (Å²) in [6.45, 7) is 0.544. The first kappa shape index (κ1) is 19.1. The fourth-order valence-electron chi connectivity index (χ4n) is 3.85. The average Bonchev–Trinajstić information content (AvgIpc) is 3.12. The Morgan fingerprint density at radius 1 is 1.21 bits per heavy atom. The summed E-state index contributed by atoms with van der Waals surface area (Å²) in [5.74, 6) is -1.71. The molecule has 2 aromatic carbocycles. The van der Waals surface area contributed by atoms with Crippen molar-refractivity contribution in [3.63, 3.8) is 0 Å². The highest BCUT2D eigenvalue weighted by atomic mass is 19.1. The van der Waals surface area contributed by atoms with Gasteiger partial charge in [0.15, 0.2) is 0 Å². The van der Waals surface area contributed by atoms with Gasteiger partial charge in [-0.1, -0.05) is 24.3 Å². The summed E-state index contributed by atoms with van der Waals surface area (Å²) < 4.78 is 35.2. The number of fused-ring (bicyclic) bond motifs is 1. The number of nitrogens with one attached hydrogen (secondary N) is 1. The molecule has 29 heavy (non-hydrogen) atoms. The Labute approximate surface area is 167 Å². The van der Waals surface area contributed by atoms with Crippen LogP contribution in [-0.4, -0.2) is 22.8 Å². The van der Waals surface area contributed by atoms with E-state index >= 15 is 0 Å². The lowest BCUT2D eigenvalue weighted by molar-refractivity contribution is 0.0924. The van der Waals surface area contributed by atoms with Gasteiger partial charge in [-0.15, -0.1) is 0 Å². The molecule has 150 valence electrons. The largest absolute Gasteiger partial charge is 0.496 e. The first-order valence-electron chi connectivity index (χ1n) is 9.50. The van der Waals surface area contributed by atoms with Crippen molar-refractivity contribution >= 4 is 5.91 Å². The standard InChI is InChI=1S/C22H21F2N3O2/c1-29-20-11-3-2-6-14(20)13-27-19-10-5-9-18(15(19)12-25-27)26-22(28)21-16(23)7-4-8-17(21)24/h2-4,6-8,11-12,18H,5,9-10,13H2,1H3,(H,26,28). The Balaban J connectivity index is 1.58. The number of benzene rings is 2. The highest BCUT2D eigenvalue weighted by Gasteiger charge is 2.28. The predicted molar refractivity (Wildman–Crippen MR) is 104 cm³/mol. The zero-order chi connectivity index (χ0) is 20.4. The molecule has 1 atom stereocenters. The van der Waals surface area contributed by atoms with E-state index in [4.69, 9.17) is 4.74 Å². The van der Waals surface area contributed by atoms with Gasteiger partial charge in [0, 0.05) is 16.8 Å². The Kier molecular flexibility index (Phi) is 5.29. The summed E-state index contributed by atoms with van der Waals surface area (Å²) in [6, 6.07) is 10.8. The molecular weight excluding hydrogens is 376 g/mol. The van der Waals surface area contributed by atoms with Crippen LogP contribution in [0.4, 0.5) is 8.78 Å². The maximum absolute atomic E-state index is 13.9. The van der Waals surface area contributed by atoms with Gasteiger partial charge in [-0.25, -0.2) is 8.78 Å². The summed E-state index contributed by atoms with van der Waals surface area (Å²) in [5.41, 5.74) is 2.35. The third-order valence-electron chi connectivity index (χ3n) is 5.27. The van der Waals surface area contributed by atoms with Crippen molar-refractivity contribution in [2.75, 3.05) is 7.11 Å². The highest BCUT2D eigenvalue weighted by molar-refractivity contribution is 5.95. The zero-order valence-corrected chi connectivity index (χ0v) is 16.0. The van der Waals surface area contributed by atoms with E-state index in [2.05, 4.69) is 10.4 Å². The molecular formula is C22H21F2N3O2. The van der Waals surface area contributed by atoms with Gasteiger partial charge < -0.3 is 10.1 Å². The average molecular weight is 397 g/mol. The number of hydrogen-bond donors (Lipinski definition) is 1. The number of carbonyl (C=O) groups excluding carboxylic acids is 1. The zero-order valence-electron chi connectivity index (χ0n) is 16.0. The SMILES string of the molecule is COc1ccccc1Cn1ncc2c1CCCC2NC(=O)c1c(F)cccc1F. The highest BCUT2D eigenvalue weighted by Crippen LogP contribution is 2.31. The lowest BCUT2D eigenvalue weighted by Crippen LogP contribution is -2.32. The molecule has 1 unspecified atom stereocenters. The van der Waals surface area contributed by atoms with Crippen LogP contribution < -0.4 is 10.1 Å². The summed E-state index contributed by atoms with van der Waals surface area (Å²) in [4.78, 5) is 12.5. The van der Waals surface area contributed by atoms with Gasteiger partial charge in [0.25, 0.3) is 5.91 Å². The summed E-state index contributed by atoms with van der Waals surface area (Å²) in [7, 11) is 1.63. The lowest BCUT2D eigenvalue weighted by Gasteiger charge is -2.24. The molecule has 0 bridgehead atoms. The molecule has 1 aliphatic carbocycles. The number of ether oxygens (including phenoxy) is 1. The van der Waals surface area contributed by atoms with Gasteiger partial charge >= 0.3 is 0 Å². The van der Waals surface area contributed by atoms with E-state index in [0.717, 1.165) is 47.5 Å². The van der Waals surface area contributed by atoms with Gasteiger partial charge in [0.05, 0.1) is 25.9 Å². The van der Waals surface area contributed by atoms with Crippen molar-refractivity contribution in [2.45, 2.75) is 31.8 Å². The monoisotopic (exact) mass is 397 g/mol. The molecule has 0 saturated carbocycles. The van der Waals surface area contributed by atoms with Crippen molar-refractivity contribution in [1.82, 2.24) is 15.1 Å². The Bertz CT molecular complexity index is 1030. The van der Waals surface area contributed by atoms with Crippen molar-refractivity contribution < 1.29 is 18.3 Å². The Morgan fingerprint density at radius 3 is 2.72 bits per heavy atom. The van der Waals surface area contributed by atoms with E-state index in [-0.39, 0.29) is 6.04 Å². The van der Waals surface area contributed by atoms with Crippen LogP contribution in [0.5, 0.6) is 5.75 Å². The Hall–Kier alpha value is -3.22. The fraction of sp³-hybridized carbons (Fsp3) is 0.273. The minimum atomic E-state index is -0.870. The minimum Gasteiger partial charge on any atom is -0.496 e. The Morgan fingerprint density at radius 2 is 1.97 bits per heavy atom. The molecule has 1 amide bonds. The fourth-order valence-corrected chi connectivity index (χ4v) is 3.85. The maximum atomic E-state index is 13.9. The summed E-state index contributed by atoms with van der Waals surface area (Å²) in [6.07, 6.45) is 4.09. The quantitative estimate of drug-likeness (QED) is 0.707. The molecule has 5 nitrogen and oxygen atoms in total. The smallest absolute Gasteiger partial charge is 0.257 e. The molecule has 0 aliphatic heterocycles. The van der Waals surface area contributed by atoms with E-state index in [1.807, 2.05) is 28.9 Å². The van der Waals surface area contributed by atoms with Gasteiger partial charge in [0.2, 0.25) is 0 Å². The van der Waals surface area contributed by atoms with E-state index in [0.29, 0.717) is 13.0 Å². The van der Waals surface area contributed by atoms with Crippen LogP contribution in [-0.2, 0) is 13.0 Å². The number of carbonyl (C=O) groups is 1. The van der Waals surface area contributed by atoms with Gasteiger partial charge in [-0.3, -0.25) is 9.48 Å². The molecule has 1 N–H and O–H groups in total. The second-order valence-corrected chi connectivity index (χ2v) is 7.03. The molecule has 3 aromatic rings. The van der Waals surface area contributed by atoms with Crippen LogP contribution in [0.3, 0.4) is 0 Å². The second-order valence-electron chi connectivity index (χ2n) is 7.03.